The predicted octanol–water partition coefficient (Wildman–Crippen LogP) is 0.957. The van der Waals surface area contributed by atoms with E-state index in [4.69, 9.17) is 5.11 Å². The second-order valence-corrected chi connectivity index (χ2v) is 1.64. The van der Waals surface area contributed by atoms with Crippen LogP contribution in [0.1, 0.15) is 6.92 Å². The lowest BCUT2D eigenvalue weighted by molar-refractivity contribution is 0.103. The molecule has 0 aliphatic heterocycles. The Morgan fingerprint density at radius 1 is 1.64 bits per heavy atom. The van der Waals surface area contributed by atoms with Gasteiger partial charge >= 0.3 is 12.2 Å². The smallest absolute Gasteiger partial charge is 0.419 e. The van der Waals surface area contributed by atoms with Gasteiger partial charge < -0.3 is 9.84 Å². The molecule has 0 heterocycles. The molecule has 0 aliphatic carbocycles. The molecule has 0 aliphatic rings. The molecule has 63 valence electrons. The summed E-state index contributed by atoms with van der Waals surface area (Å²) in [5, 5.41) is 8.37. The minimum atomic E-state index is -1.31. The number of carbonyl (C=O) groups excluding carboxylic acids is 1. The summed E-state index contributed by atoms with van der Waals surface area (Å²) in [5.41, 5.74) is 0. The van der Waals surface area contributed by atoms with E-state index in [1.165, 1.54) is 0 Å². The third-order valence-corrected chi connectivity index (χ3v) is 0.993. The molecule has 0 unspecified atom stereocenters. The van der Waals surface area contributed by atoms with Crippen LogP contribution in [0, 0.1) is 6.92 Å². The van der Waals surface area contributed by atoms with Gasteiger partial charge in [0.1, 0.15) is 0 Å². The summed E-state index contributed by atoms with van der Waals surface area (Å²) in [6.07, 6.45) is -2.19. The van der Waals surface area contributed by atoms with Gasteiger partial charge in [0.2, 0.25) is 0 Å². The number of hydrogen-bond acceptors (Lipinski definition) is 3. The standard InChI is InChI=1S/C6H10NO4/c1-3-7(5(8)9)6(10)11-4-2/h2-4H2,1H3,(H,8,9). The largest absolute Gasteiger partial charge is 0.465 e. The van der Waals surface area contributed by atoms with Crippen molar-refractivity contribution in [3.8, 4) is 0 Å². The Morgan fingerprint density at radius 3 is 2.45 bits per heavy atom. The van der Waals surface area contributed by atoms with Gasteiger partial charge in [0.15, 0.2) is 0 Å². The molecule has 2 amide bonds. The summed E-state index contributed by atoms with van der Waals surface area (Å²) >= 11 is 0. The van der Waals surface area contributed by atoms with E-state index in [9.17, 15) is 9.59 Å². The van der Waals surface area contributed by atoms with E-state index in [0.717, 1.165) is 0 Å². The summed E-state index contributed by atoms with van der Waals surface area (Å²) < 4.78 is 4.35. The van der Waals surface area contributed by atoms with Gasteiger partial charge in [0.25, 0.3) is 0 Å². The fraction of sp³-hybridized carbons (Fsp3) is 0.500. The van der Waals surface area contributed by atoms with Crippen molar-refractivity contribution in [2.24, 2.45) is 0 Å². The van der Waals surface area contributed by atoms with Gasteiger partial charge in [-0.1, -0.05) is 0 Å². The second kappa shape index (κ2) is 4.54. The Kier molecular flexibility index (Phi) is 4.02. The van der Waals surface area contributed by atoms with Gasteiger partial charge in [0, 0.05) is 6.54 Å². The Balaban J connectivity index is 4.03. The van der Waals surface area contributed by atoms with Crippen LogP contribution in [0.5, 0.6) is 0 Å². The molecule has 0 aromatic carbocycles. The highest BCUT2D eigenvalue weighted by Crippen LogP contribution is 1.93. The first-order valence-corrected chi connectivity index (χ1v) is 3.10. The average molecular weight is 160 g/mol. The molecule has 0 rings (SSSR count). The highest BCUT2D eigenvalue weighted by molar-refractivity contribution is 5.86. The van der Waals surface area contributed by atoms with Gasteiger partial charge in [-0.2, -0.15) is 0 Å². The minimum absolute atomic E-state index is 0.0669. The van der Waals surface area contributed by atoms with Crippen molar-refractivity contribution in [1.29, 1.82) is 0 Å². The maximum absolute atomic E-state index is 10.7. The third kappa shape index (κ3) is 2.88. The molecule has 0 saturated heterocycles. The first-order valence-electron chi connectivity index (χ1n) is 3.10. The van der Waals surface area contributed by atoms with Crippen molar-refractivity contribution in [1.82, 2.24) is 4.90 Å². The van der Waals surface area contributed by atoms with Crippen LogP contribution in [-0.4, -0.2) is 35.3 Å². The highest BCUT2D eigenvalue weighted by atomic mass is 16.6. The fourth-order valence-corrected chi connectivity index (χ4v) is 0.508. The zero-order chi connectivity index (χ0) is 8.85. The van der Waals surface area contributed by atoms with Crippen molar-refractivity contribution in [2.45, 2.75) is 6.92 Å². The molecular formula is C6H10NO4. The van der Waals surface area contributed by atoms with E-state index < -0.39 is 12.2 Å². The van der Waals surface area contributed by atoms with Gasteiger partial charge in [-0.15, -0.1) is 0 Å². The normalized spacial score (nSPS) is 8.91. The van der Waals surface area contributed by atoms with E-state index in [-0.39, 0.29) is 13.2 Å². The summed E-state index contributed by atoms with van der Waals surface area (Å²) in [6, 6.07) is 0. The number of imide groups is 1. The van der Waals surface area contributed by atoms with E-state index in [1.807, 2.05) is 0 Å². The maximum atomic E-state index is 10.7. The lowest BCUT2D eigenvalue weighted by Crippen LogP contribution is -2.35. The first kappa shape index (κ1) is 9.74. The quantitative estimate of drug-likeness (QED) is 0.653. The zero-order valence-corrected chi connectivity index (χ0v) is 6.24. The molecule has 1 radical (unpaired) electrons. The maximum Gasteiger partial charge on any atom is 0.419 e. The lowest BCUT2D eigenvalue weighted by Gasteiger charge is -2.13. The van der Waals surface area contributed by atoms with Crippen LogP contribution in [0.2, 0.25) is 0 Å². The summed E-state index contributed by atoms with van der Waals surface area (Å²) in [6.45, 7) is 4.79. The van der Waals surface area contributed by atoms with Gasteiger partial charge in [-0.05, 0) is 13.8 Å². The number of carboxylic acid groups (broad SMARTS) is 1. The van der Waals surface area contributed by atoms with Crippen LogP contribution in [0.4, 0.5) is 9.59 Å². The molecule has 0 fully saturated rings. The van der Waals surface area contributed by atoms with Crippen molar-refractivity contribution in [2.75, 3.05) is 13.2 Å². The second-order valence-electron chi connectivity index (χ2n) is 1.64. The number of carbonyl (C=O) groups is 2. The van der Waals surface area contributed by atoms with E-state index in [0.29, 0.717) is 4.90 Å². The molecule has 11 heavy (non-hydrogen) atoms. The van der Waals surface area contributed by atoms with Crippen LogP contribution in [0.15, 0.2) is 0 Å². The Labute approximate surface area is 64.6 Å². The molecular weight excluding hydrogens is 150 g/mol. The van der Waals surface area contributed by atoms with Gasteiger partial charge in [-0.25, -0.2) is 14.5 Å². The van der Waals surface area contributed by atoms with Crippen molar-refractivity contribution >= 4 is 12.2 Å². The number of amides is 2. The monoisotopic (exact) mass is 160 g/mol. The molecule has 0 saturated carbocycles. The highest BCUT2D eigenvalue weighted by Gasteiger charge is 2.18. The molecule has 0 aromatic heterocycles. The Morgan fingerprint density at radius 2 is 2.18 bits per heavy atom. The van der Waals surface area contributed by atoms with Crippen molar-refractivity contribution < 1.29 is 19.4 Å². The Bertz CT molecular complexity index is 157. The van der Waals surface area contributed by atoms with Crippen molar-refractivity contribution in [3.63, 3.8) is 0 Å². The van der Waals surface area contributed by atoms with E-state index in [1.54, 1.807) is 6.92 Å². The lowest BCUT2D eigenvalue weighted by atomic mass is 10.6. The topological polar surface area (TPSA) is 66.8 Å². The van der Waals surface area contributed by atoms with Crippen LogP contribution in [0.25, 0.3) is 0 Å². The minimum Gasteiger partial charge on any atom is -0.465 e. The van der Waals surface area contributed by atoms with Gasteiger partial charge in [0.05, 0.1) is 6.61 Å². The third-order valence-electron chi connectivity index (χ3n) is 0.993. The molecule has 0 atom stereocenters. The molecule has 0 spiro atoms. The molecule has 1 N–H and O–H groups in total. The average Bonchev–Trinajstić information content (AvgIpc) is 1.88. The fourth-order valence-electron chi connectivity index (χ4n) is 0.508. The summed E-state index contributed by atoms with van der Waals surface area (Å²) in [5.74, 6) is 0. The molecule has 0 aromatic rings. The SMILES string of the molecule is [CH2]COC(=O)N(CC)C(=O)O. The van der Waals surface area contributed by atoms with Crippen LogP contribution in [0.3, 0.4) is 0 Å². The number of rotatable bonds is 2. The van der Waals surface area contributed by atoms with Crippen LogP contribution < -0.4 is 0 Å². The first-order chi connectivity index (χ1) is 5.13. The predicted molar refractivity (Wildman–Crippen MR) is 37.1 cm³/mol. The summed E-state index contributed by atoms with van der Waals surface area (Å²) in [7, 11) is 0. The van der Waals surface area contributed by atoms with E-state index >= 15 is 0 Å². The number of hydrogen-bond donors (Lipinski definition) is 1. The Hall–Kier alpha value is -1.26. The zero-order valence-electron chi connectivity index (χ0n) is 6.24. The molecule has 5 heteroatoms. The van der Waals surface area contributed by atoms with Crippen LogP contribution in [-0.2, 0) is 4.74 Å². The van der Waals surface area contributed by atoms with Gasteiger partial charge in [-0.3, -0.25) is 0 Å². The van der Waals surface area contributed by atoms with E-state index in [2.05, 4.69) is 11.7 Å². The molecule has 0 bridgehead atoms. The summed E-state index contributed by atoms with van der Waals surface area (Å²) in [4.78, 5) is 21.5. The van der Waals surface area contributed by atoms with Crippen LogP contribution >= 0.6 is 0 Å². The number of ether oxygens (including phenoxy) is 1. The molecule has 5 nitrogen and oxygen atoms in total. The van der Waals surface area contributed by atoms with Crippen molar-refractivity contribution in [3.05, 3.63) is 6.92 Å². The number of nitrogens with zero attached hydrogens (tertiary/aromatic N) is 1.